The van der Waals surface area contributed by atoms with E-state index in [2.05, 4.69) is 18.5 Å². The zero-order valence-electron chi connectivity index (χ0n) is 21.7. The molecule has 0 atom stereocenters. The zero-order chi connectivity index (χ0) is 28.4. The van der Waals surface area contributed by atoms with Gasteiger partial charge in [0.25, 0.3) is 0 Å². The number of aromatic nitrogens is 1. The molecule has 0 spiro atoms. The van der Waals surface area contributed by atoms with Gasteiger partial charge in [0.15, 0.2) is 11.6 Å². The molecule has 1 fully saturated rings. The quantitative estimate of drug-likeness (QED) is 0.231. The van der Waals surface area contributed by atoms with Crippen LogP contribution in [0.15, 0.2) is 31.0 Å². The van der Waals surface area contributed by atoms with Gasteiger partial charge in [0.05, 0.1) is 18.4 Å². The van der Waals surface area contributed by atoms with E-state index in [0.29, 0.717) is 24.8 Å². The number of halogens is 4. The molecular formula is C27H29BF4N2O4. The van der Waals surface area contributed by atoms with Crippen molar-refractivity contribution in [2.24, 2.45) is 11.8 Å². The second kappa shape index (κ2) is 11.6. The van der Waals surface area contributed by atoms with E-state index < -0.39 is 41.2 Å². The second-order valence-electron chi connectivity index (χ2n) is 9.75. The molecule has 3 rings (SSSR count). The molecule has 1 heterocycles. The van der Waals surface area contributed by atoms with Crippen molar-refractivity contribution < 1.29 is 36.6 Å². The van der Waals surface area contributed by atoms with Gasteiger partial charge in [-0.25, -0.2) is 14.2 Å². The van der Waals surface area contributed by atoms with E-state index in [-0.39, 0.29) is 34.1 Å². The van der Waals surface area contributed by atoms with Crippen LogP contribution in [0, 0.1) is 17.7 Å². The molecular weight excluding hydrogens is 503 g/mol. The summed E-state index contributed by atoms with van der Waals surface area (Å²) in [6, 6.07) is 2.04. The first kappa shape index (κ1) is 29.2. The minimum Gasteiger partial charge on any atom is -0.465 e. The molecule has 1 aliphatic carbocycles. The lowest BCUT2D eigenvalue weighted by Gasteiger charge is -2.34. The SMILES string of the molecule is [B]C(=C)c1cnc(Oc2cc(C(=O)OC)c(N(C(=O)C3CCC(C)CC3)C(C)C)cc2F)c(C(F)(F)F)c1. The Morgan fingerprint density at radius 1 is 1.16 bits per heavy atom. The van der Waals surface area contributed by atoms with Crippen molar-refractivity contribution in [3.63, 3.8) is 0 Å². The number of pyridine rings is 1. The molecule has 11 heteroatoms. The van der Waals surface area contributed by atoms with Crippen LogP contribution in [-0.2, 0) is 15.7 Å². The molecule has 38 heavy (non-hydrogen) atoms. The third kappa shape index (κ3) is 6.36. The molecule has 2 aromatic rings. The van der Waals surface area contributed by atoms with Gasteiger partial charge in [0.2, 0.25) is 11.8 Å². The number of carbonyl (C=O) groups is 2. The molecule has 1 aromatic heterocycles. The third-order valence-electron chi connectivity index (χ3n) is 6.57. The maximum absolute atomic E-state index is 15.3. The molecule has 0 N–H and O–H groups in total. The van der Waals surface area contributed by atoms with Crippen LogP contribution in [0.5, 0.6) is 11.6 Å². The van der Waals surface area contributed by atoms with E-state index in [1.54, 1.807) is 13.8 Å². The molecule has 1 amide bonds. The van der Waals surface area contributed by atoms with E-state index in [4.69, 9.17) is 17.3 Å². The standard InChI is InChI=1S/C27H29BF4N2O4/c1-14(2)34(25(35)17-8-6-15(3)7-9-17)22-12-21(29)23(11-19(22)26(36)37-5)38-24-20(27(30,31)32)10-18(13-33-24)16(4)28/h10-15,17H,4,6-9H2,1-3,5H3. The highest BCUT2D eigenvalue weighted by Crippen LogP contribution is 2.40. The van der Waals surface area contributed by atoms with Crippen LogP contribution in [0.2, 0.25) is 0 Å². The summed E-state index contributed by atoms with van der Waals surface area (Å²) in [4.78, 5) is 31.2. The van der Waals surface area contributed by atoms with Gasteiger partial charge in [-0.3, -0.25) is 4.79 Å². The topological polar surface area (TPSA) is 68.7 Å². The summed E-state index contributed by atoms with van der Waals surface area (Å²) in [6.45, 7) is 8.95. The van der Waals surface area contributed by atoms with Crippen molar-refractivity contribution in [2.75, 3.05) is 12.0 Å². The van der Waals surface area contributed by atoms with E-state index in [9.17, 15) is 22.8 Å². The molecule has 1 saturated carbocycles. The lowest BCUT2D eigenvalue weighted by molar-refractivity contribution is -0.139. The maximum atomic E-state index is 15.3. The Labute approximate surface area is 220 Å². The highest BCUT2D eigenvalue weighted by Gasteiger charge is 2.37. The van der Waals surface area contributed by atoms with Gasteiger partial charge in [-0.2, -0.15) is 13.2 Å². The summed E-state index contributed by atoms with van der Waals surface area (Å²) in [5.41, 5.74) is -1.84. The first-order chi connectivity index (χ1) is 17.7. The fourth-order valence-corrected chi connectivity index (χ4v) is 4.47. The van der Waals surface area contributed by atoms with E-state index >= 15 is 4.39 Å². The van der Waals surface area contributed by atoms with Crippen LogP contribution in [-0.4, -0.2) is 37.9 Å². The number of esters is 1. The number of nitrogens with zero attached hydrogens (tertiary/aromatic N) is 2. The first-order valence-corrected chi connectivity index (χ1v) is 12.2. The predicted molar refractivity (Wildman–Crippen MR) is 136 cm³/mol. The Morgan fingerprint density at radius 2 is 1.79 bits per heavy atom. The number of methoxy groups -OCH3 is 1. The number of amides is 1. The normalized spacial score (nSPS) is 17.7. The van der Waals surface area contributed by atoms with Crippen LogP contribution in [0.1, 0.15) is 67.9 Å². The number of ether oxygens (including phenoxy) is 2. The van der Waals surface area contributed by atoms with Gasteiger partial charge >= 0.3 is 12.1 Å². The summed E-state index contributed by atoms with van der Waals surface area (Å²) < 4.78 is 66.5. The van der Waals surface area contributed by atoms with Gasteiger partial charge < -0.3 is 14.4 Å². The van der Waals surface area contributed by atoms with E-state index in [1.165, 1.54) is 4.90 Å². The molecule has 0 saturated heterocycles. The monoisotopic (exact) mass is 532 g/mol. The third-order valence-corrected chi connectivity index (χ3v) is 6.57. The smallest absolute Gasteiger partial charge is 0.421 e. The first-order valence-electron chi connectivity index (χ1n) is 12.2. The Hall–Kier alpha value is -3.37. The summed E-state index contributed by atoms with van der Waals surface area (Å²) in [5.74, 6) is -3.72. The minimum atomic E-state index is -4.91. The lowest BCUT2D eigenvalue weighted by atomic mass is 9.82. The number of carbonyl (C=O) groups excluding carboxylic acids is 2. The van der Waals surface area contributed by atoms with Crippen molar-refractivity contribution in [1.29, 1.82) is 0 Å². The van der Waals surface area contributed by atoms with Crippen LogP contribution < -0.4 is 9.64 Å². The van der Waals surface area contributed by atoms with Gasteiger partial charge in [-0.15, -0.1) is 6.58 Å². The van der Waals surface area contributed by atoms with Crippen LogP contribution in [0.4, 0.5) is 23.2 Å². The van der Waals surface area contributed by atoms with Gasteiger partial charge in [-0.1, -0.05) is 12.4 Å². The molecule has 2 radical (unpaired) electrons. The van der Waals surface area contributed by atoms with Crippen molar-refractivity contribution in [1.82, 2.24) is 4.98 Å². The van der Waals surface area contributed by atoms with Gasteiger partial charge in [-0.05, 0) is 57.1 Å². The largest absolute Gasteiger partial charge is 0.465 e. The molecule has 1 aromatic carbocycles. The Morgan fingerprint density at radius 3 is 2.32 bits per heavy atom. The van der Waals surface area contributed by atoms with Gasteiger partial charge in [0.1, 0.15) is 13.4 Å². The van der Waals surface area contributed by atoms with E-state index in [0.717, 1.165) is 38.3 Å². The highest BCUT2D eigenvalue weighted by molar-refractivity contribution is 6.41. The summed E-state index contributed by atoms with van der Waals surface area (Å²) >= 11 is 0. The number of hydrogen-bond acceptors (Lipinski definition) is 5. The minimum absolute atomic E-state index is 0.0564. The lowest BCUT2D eigenvalue weighted by Crippen LogP contribution is -2.43. The average molecular weight is 532 g/mol. The molecule has 1 aliphatic rings. The van der Waals surface area contributed by atoms with Crippen LogP contribution >= 0.6 is 0 Å². The Balaban J connectivity index is 2.09. The number of rotatable bonds is 7. The van der Waals surface area contributed by atoms with Crippen molar-refractivity contribution in [3.05, 3.63) is 53.5 Å². The van der Waals surface area contributed by atoms with Crippen molar-refractivity contribution in [2.45, 2.75) is 58.7 Å². The molecule has 0 aliphatic heterocycles. The number of alkyl halides is 3. The summed E-state index contributed by atoms with van der Waals surface area (Å²) in [5, 5.41) is 0. The molecule has 6 nitrogen and oxygen atoms in total. The Bertz CT molecular complexity index is 1220. The number of benzene rings is 1. The van der Waals surface area contributed by atoms with Gasteiger partial charge in [0, 0.05) is 30.3 Å². The van der Waals surface area contributed by atoms with Crippen molar-refractivity contribution in [3.8, 4) is 11.6 Å². The summed E-state index contributed by atoms with van der Waals surface area (Å²) in [6.07, 6.45) is -0.830. The van der Waals surface area contributed by atoms with E-state index in [1.807, 2.05) is 0 Å². The number of hydrogen-bond donors (Lipinski definition) is 0. The molecule has 202 valence electrons. The fourth-order valence-electron chi connectivity index (χ4n) is 4.47. The molecule has 0 unspecified atom stereocenters. The van der Waals surface area contributed by atoms with Crippen LogP contribution in [0.25, 0.3) is 5.47 Å². The van der Waals surface area contributed by atoms with Crippen molar-refractivity contribution >= 4 is 30.9 Å². The fraction of sp³-hybridized carbons (Fsp3) is 0.444. The average Bonchev–Trinajstić information content (AvgIpc) is 2.84. The summed E-state index contributed by atoms with van der Waals surface area (Å²) in [7, 11) is 6.59. The maximum Gasteiger partial charge on any atom is 0.421 e. The zero-order valence-corrected chi connectivity index (χ0v) is 21.7. The molecule has 0 bridgehead atoms. The second-order valence-corrected chi connectivity index (χ2v) is 9.75. The number of anilines is 1. The highest BCUT2D eigenvalue weighted by atomic mass is 19.4. The predicted octanol–water partition coefficient (Wildman–Crippen LogP) is 6.53. The van der Waals surface area contributed by atoms with Crippen LogP contribution in [0.3, 0.4) is 0 Å². The Kier molecular flexibility index (Phi) is 8.89.